The van der Waals surface area contributed by atoms with Gasteiger partial charge < -0.3 is 0 Å². The molecule has 0 unspecified atom stereocenters. The molecule has 4 aromatic rings. The molecule has 0 radical (unpaired) electrons. The molecule has 0 aliphatic carbocycles. The van der Waals surface area contributed by atoms with E-state index in [9.17, 15) is 0 Å². The van der Waals surface area contributed by atoms with Gasteiger partial charge in [-0.15, -0.1) is 23.5 Å². The van der Waals surface area contributed by atoms with Crippen LogP contribution >= 0.6 is 55.4 Å². The molecule has 0 nitrogen and oxygen atoms in total. The van der Waals surface area contributed by atoms with E-state index in [-0.39, 0.29) is 0 Å². The molecule has 24 heavy (non-hydrogen) atoms. The fourth-order valence-corrected chi connectivity index (χ4v) is 5.86. The lowest BCUT2D eigenvalue weighted by Crippen LogP contribution is -1.84. The first kappa shape index (κ1) is 16.8. The number of rotatable bonds is 2. The highest BCUT2D eigenvalue weighted by molar-refractivity contribution is 9.10. The molecule has 4 heteroatoms. The normalized spacial score (nSPS) is 11.7. The third-order valence-corrected chi connectivity index (χ3v) is 7.77. The third-order valence-electron chi connectivity index (χ3n) is 4.38. The van der Waals surface area contributed by atoms with Gasteiger partial charge in [-0.1, -0.05) is 24.3 Å². The average molecular weight is 478 g/mol. The average Bonchev–Trinajstić information content (AvgIpc) is 2.59. The summed E-state index contributed by atoms with van der Waals surface area (Å²) in [6.07, 6.45) is 4.24. The van der Waals surface area contributed by atoms with Crippen LogP contribution in [0.15, 0.2) is 67.3 Å². The SMILES string of the molecule is CSc1cc2c(ccc3c4cc(SC)c(Br)cc4ccc23)cc1Br. The van der Waals surface area contributed by atoms with Crippen molar-refractivity contribution in [3.8, 4) is 0 Å². The molecule has 0 fully saturated rings. The van der Waals surface area contributed by atoms with Gasteiger partial charge in [0.1, 0.15) is 0 Å². The summed E-state index contributed by atoms with van der Waals surface area (Å²) < 4.78 is 2.33. The Hall–Kier alpha value is -0.680. The summed E-state index contributed by atoms with van der Waals surface area (Å²) in [5.74, 6) is 0. The van der Waals surface area contributed by atoms with E-state index < -0.39 is 0 Å². The first-order valence-electron chi connectivity index (χ1n) is 7.48. The van der Waals surface area contributed by atoms with Gasteiger partial charge in [-0.3, -0.25) is 0 Å². The zero-order valence-electron chi connectivity index (χ0n) is 13.2. The van der Waals surface area contributed by atoms with E-state index in [0.29, 0.717) is 0 Å². The molecule has 0 amide bonds. The molecule has 0 saturated heterocycles. The molecule has 0 aliphatic rings. The molecule has 0 N–H and O–H groups in total. The third kappa shape index (κ3) is 2.68. The van der Waals surface area contributed by atoms with Crippen molar-refractivity contribution in [3.05, 3.63) is 57.5 Å². The minimum absolute atomic E-state index is 1.16. The van der Waals surface area contributed by atoms with Crippen LogP contribution in [0.1, 0.15) is 0 Å². The zero-order valence-corrected chi connectivity index (χ0v) is 18.0. The summed E-state index contributed by atoms with van der Waals surface area (Å²) in [7, 11) is 0. The van der Waals surface area contributed by atoms with E-state index in [0.717, 1.165) is 8.95 Å². The summed E-state index contributed by atoms with van der Waals surface area (Å²) in [5, 5.41) is 7.81. The van der Waals surface area contributed by atoms with E-state index in [1.807, 2.05) is 0 Å². The molecule has 0 aliphatic heterocycles. The maximum atomic E-state index is 3.68. The zero-order chi connectivity index (χ0) is 16.8. The van der Waals surface area contributed by atoms with Crippen molar-refractivity contribution >= 4 is 87.7 Å². The van der Waals surface area contributed by atoms with Gasteiger partial charge in [0.05, 0.1) is 0 Å². The fraction of sp³-hybridized carbons (Fsp3) is 0.100. The summed E-state index contributed by atoms with van der Waals surface area (Å²) in [6.45, 7) is 0. The summed E-state index contributed by atoms with van der Waals surface area (Å²) in [6, 6.07) is 18.0. The van der Waals surface area contributed by atoms with Crippen molar-refractivity contribution in [1.29, 1.82) is 0 Å². The highest BCUT2D eigenvalue weighted by Gasteiger charge is 2.09. The van der Waals surface area contributed by atoms with Crippen molar-refractivity contribution < 1.29 is 0 Å². The molecular weight excluding hydrogens is 464 g/mol. The van der Waals surface area contributed by atoms with E-state index in [1.54, 1.807) is 23.5 Å². The molecule has 0 aromatic heterocycles. The predicted octanol–water partition coefficient (Wildman–Crippen LogP) is 8.12. The van der Waals surface area contributed by atoms with Crippen LogP contribution in [-0.4, -0.2) is 12.5 Å². The second-order valence-electron chi connectivity index (χ2n) is 5.64. The summed E-state index contributed by atoms with van der Waals surface area (Å²) in [5.41, 5.74) is 0. The Bertz CT molecular complexity index is 1010. The van der Waals surface area contributed by atoms with Gasteiger partial charge >= 0.3 is 0 Å². The molecule has 0 atom stereocenters. The van der Waals surface area contributed by atoms with Crippen LogP contribution in [0.4, 0.5) is 0 Å². The van der Waals surface area contributed by atoms with Gasteiger partial charge in [-0.05, 0) is 101 Å². The monoisotopic (exact) mass is 476 g/mol. The number of hydrogen-bond donors (Lipinski definition) is 0. The Kier molecular flexibility index (Phi) is 4.59. The molecule has 4 rings (SSSR count). The molecular formula is C20H14Br2S2. The van der Waals surface area contributed by atoms with Crippen molar-refractivity contribution in [3.63, 3.8) is 0 Å². The number of thioether (sulfide) groups is 2. The standard InChI is InChI=1S/C20H14Br2S2/c1-23-19-9-15-11(7-17(19)21)3-6-14-13(15)5-4-12-8-18(22)20(24-2)10-16(12)14/h3-10H,1-2H3. The van der Waals surface area contributed by atoms with Crippen LogP contribution in [0.5, 0.6) is 0 Å². The van der Waals surface area contributed by atoms with Crippen molar-refractivity contribution in [1.82, 2.24) is 0 Å². The second-order valence-corrected chi connectivity index (χ2v) is 9.05. The lowest BCUT2D eigenvalue weighted by molar-refractivity contribution is 1.45. The van der Waals surface area contributed by atoms with Crippen LogP contribution < -0.4 is 0 Å². The number of fused-ring (bicyclic) bond motifs is 5. The second kappa shape index (κ2) is 6.56. The van der Waals surface area contributed by atoms with Crippen molar-refractivity contribution in [2.45, 2.75) is 9.79 Å². The first-order valence-corrected chi connectivity index (χ1v) is 11.5. The minimum Gasteiger partial charge on any atom is -0.128 e. The Morgan fingerprint density at radius 1 is 0.583 bits per heavy atom. The number of halogens is 2. The lowest BCUT2D eigenvalue weighted by Gasteiger charge is -2.11. The molecule has 0 saturated carbocycles. The van der Waals surface area contributed by atoms with Crippen molar-refractivity contribution in [2.75, 3.05) is 12.5 Å². The predicted molar refractivity (Wildman–Crippen MR) is 118 cm³/mol. The minimum atomic E-state index is 1.16. The Balaban J connectivity index is 2.15. The van der Waals surface area contributed by atoms with Gasteiger partial charge in [-0.25, -0.2) is 0 Å². The molecule has 0 spiro atoms. The fourth-order valence-electron chi connectivity index (χ4n) is 3.19. The van der Waals surface area contributed by atoms with E-state index in [1.165, 1.54) is 42.1 Å². The summed E-state index contributed by atoms with van der Waals surface area (Å²) in [4.78, 5) is 2.55. The molecule has 0 heterocycles. The van der Waals surface area contributed by atoms with E-state index >= 15 is 0 Å². The van der Waals surface area contributed by atoms with Gasteiger partial charge in [-0.2, -0.15) is 0 Å². The highest BCUT2D eigenvalue weighted by Crippen LogP contribution is 2.38. The Morgan fingerprint density at radius 2 is 1.00 bits per heavy atom. The maximum Gasteiger partial charge on any atom is 0.0317 e. The first-order chi connectivity index (χ1) is 11.6. The van der Waals surface area contributed by atoms with E-state index in [2.05, 4.69) is 92.9 Å². The van der Waals surface area contributed by atoms with Gasteiger partial charge in [0, 0.05) is 18.7 Å². The van der Waals surface area contributed by atoms with Crippen LogP contribution in [-0.2, 0) is 0 Å². The van der Waals surface area contributed by atoms with Crippen LogP contribution in [0.2, 0.25) is 0 Å². The quantitative estimate of drug-likeness (QED) is 0.211. The molecule has 120 valence electrons. The number of hydrogen-bond acceptors (Lipinski definition) is 2. The summed E-state index contributed by atoms with van der Waals surface area (Å²) >= 11 is 10.9. The Labute approximate surface area is 166 Å². The van der Waals surface area contributed by atoms with Crippen LogP contribution in [0.3, 0.4) is 0 Å². The topological polar surface area (TPSA) is 0 Å². The molecule has 0 bridgehead atoms. The Morgan fingerprint density at radius 3 is 1.38 bits per heavy atom. The van der Waals surface area contributed by atoms with Gasteiger partial charge in [0.15, 0.2) is 0 Å². The van der Waals surface area contributed by atoms with Crippen molar-refractivity contribution in [2.24, 2.45) is 0 Å². The van der Waals surface area contributed by atoms with E-state index in [4.69, 9.17) is 0 Å². The molecule has 4 aromatic carbocycles. The van der Waals surface area contributed by atoms with Gasteiger partial charge in [0.2, 0.25) is 0 Å². The smallest absolute Gasteiger partial charge is 0.0317 e. The van der Waals surface area contributed by atoms with Gasteiger partial charge in [0.25, 0.3) is 0 Å². The largest absolute Gasteiger partial charge is 0.128 e. The lowest BCUT2D eigenvalue weighted by atomic mass is 9.97. The highest BCUT2D eigenvalue weighted by atomic mass is 79.9. The van der Waals surface area contributed by atoms with Crippen LogP contribution in [0.25, 0.3) is 32.3 Å². The van der Waals surface area contributed by atoms with Crippen LogP contribution in [0, 0.1) is 0 Å². The number of benzene rings is 4. The maximum absolute atomic E-state index is 3.68.